The van der Waals surface area contributed by atoms with E-state index in [0.717, 1.165) is 39.8 Å². The monoisotopic (exact) mass is 392 g/mol. The second-order valence-corrected chi connectivity index (χ2v) is 6.22. The maximum atomic E-state index is 4.76. The third-order valence-electron chi connectivity index (χ3n) is 3.28. The molecule has 108 valence electrons. The molecule has 4 nitrogen and oxygen atoms in total. The Labute approximate surface area is 137 Å². The van der Waals surface area contributed by atoms with Crippen LogP contribution in [-0.4, -0.2) is 21.3 Å². The van der Waals surface area contributed by atoms with E-state index in [1.807, 2.05) is 35.3 Å². The molecule has 0 saturated carbocycles. The van der Waals surface area contributed by atoms with Crippen molar-refractivity contribution < 1.29 is 0 Å². The summed E-state index contributed by atoms with van der Waals surface area (Å²) in [5, 5.41) is 8.96. The predicted molar refractivity (Wildman–Crippen MR) is 94.6 cm³/mol. The summed E-state index contributed by atoms with van der Waals surface area (Å²) >= 11 is 2.27. The van der Waals surface area contributed by atoms with Crippen LogP contribution >= 0.6 is 22.6 Å². The van der Waals surface area contributed by atoms with Crippen LogP contribution in [0.3, 0.4) is 0 Å². The quantitative estimate of drug-likeness (QED) is 0.670. The molecule has 3 rings (SSSR count). The maximum absolute atomic E-state index is 4.76. The van der Waals surface area contributed by atoms with Crippen LogP contribution in [-0.2, 0) is 6.54 Å². The van der Waals surface area contributed by atoms with Crippen LogP contribution in [0.5, 0.6) is 0 Å². The Hall–Kier alpha value is -1.63. The largest absolute Gasteiger partial charge is 0.370 e. The predicted octanol–water partition coefficient (Wildman–Crippen LogP) is 3.91. The van der Waals surface area contributed by atoms with E-state index in [1.165, 1.54) is 5.56 Å². The molecule has 1 aromatic carbocycles. The van der Waals surface area contributed by atoms with Gasteiger partial charge in [0.25, 0.3) is 0 Å². The highest BCUT2D eigenvalue weighted by molar-refractivity contribution is 14.1. The SMILES string of the molecule is CCCNc1nc2ccccc2cc1Cn1cc(I)cn1. The lowest BCUT2D eigenvalue weighted by Crippen LogP contribution is -2.09. The highest BCUT2D eigenvalue weighted by atomic mass is 127. The molecule has 0 radical (unpaired) electrons. The molecule has 3 aromatic rings. The zero-order chi connectivity index (χ0) is 14.7. The number of fused-ring (bicyclic) bond motifs is 1. The molecule has 1 N–H and O–H groups in total. The fourth-order valence-corrected chi connectivity index (χ4v) is 2.72. The van der Waals surface area contributed by atoms with Gasteiger partial charge in [0, 0.05) is 23.7 Å². The summed E-state index contributed by atoms with van der Waals surface area (Å²) in [6.45, 7) is 3.81. The van der Waals surface area contributed by atoms with Gasteiger partial charge in [-0.3, -0.25) is 4.68 Å². The Morgan fingerprint density at radius 2 is 2.14 bits per heavy atom. The topological polar surface area (TPSA) is 42.7 Å². The van der Waals surface area contributed by atoms with Crippen molar-refractivity contribution in [3.63, 3.8) is 0 Å². The van der Waals surface area contributed by atoms with Crippen LogP contribution in [0, 0.1) is 3.57 Å². The lowest BCUT2D eigenvalue weighted by Gasteiger charge is -2.12. The molecule has 0 aliphatic rings. The molecule has 0 bridgehead atoms. The average Bonchev–Trinajstić information content (AvgIpc) is 2.90. The standard InChI is InChI=1S/C16H17IN4/c1-2-7-18-16-13(10-21-11-14(17)9-19-21)8-12-5-3-4-6-15(12)20-16/h3-6,8-9,11H,2,7,10H2,1H3,(H,18,20). The molecule has 0 aliphatic carbocycles. The molecule has 0 fully saturated rings. The van der Waals surface area contributed by atoms with E-state index in [2.05, 4.69) is 52.1 Å². The molecule has 0 atom stereocenters. The van der Waals surface area contributed by atoms with Gasteiger partial charge in [-0.1, -0.05) is 25.1 Å². The number of para-hydroxylation sites is 1. The first-order valence-corrected chi connectivity index (χ1v) is 8.14. The molecular formula is C16H17IN4. The van der Waals surface area contributed by atoms with Crippen molar-refractivity contribution in [2.24, 2.45) is 0 Å². The zero-order valence-electron chi connectivity index (χ0n) is 11.9. The fourth-order valence-electron chi connectivity index (χ4n) is 2.28. The van der Waals surface area contributed by atoms with Gasteiger partial charge in [0.15, 0.2) is 0 Å². The van der Waals surface area contributed by atoms with Gasteiger partial charge >= 0.3 is 0 Å². The molecule has 0 amide bonds. The zero-order valence-corrected chi connectivity index (χ0v) is 14.0. The Morgan fingerprint density at radius 3 is 2.90 bits per heavy atom. The minimum atomic E-state index is 0.729. The number of nitrogens with one attached hydrogen (secondary N) is 1. The Balaban J connectivity index is 2.00. The summed E-state index contributed by atoms with van der Waals surface area (Å²) in [7, 11) is 0. The van der Waals surface area contributed by atoms with Gasteiger partial charge in [0.2, 0.25) is 0 Å². The van der Waals surface area contributed by atoms with Gasteiger partial charge in [-0.15, -0.1) is 0 Å². The lowest BCUT2D eigenvalue weighted by molar-refractivity contribution is 0.686. The van der Waals surface area contributed by atoms with Crippen molar-refractivity contribution >= 4 is 39.3 Å². The van der Waals surface area contributed by atoms with Gasteiger partial charge in [-0.25, -0.2) is 4.98 Å². The van der Waals surface area contributed by atoms with Crippen molar-refractivity contribution in [2.75, 3.05) is 11.9 Å². The van der Waals surface area contributed by atoms with E-state index in [9.17, 15) is 0 Å². The summed E-state index contributed by atoms with van der Waals surface area (Å²) < 4.78 is 3.09. The third-order valence-corrected chi connectivity index (χ3v) is 3.84. The highest BCUT2D eigenvalue weighted by Crippen LogP contribution is 2.21. The van der Waals surface area contributed by atoms with Gasteiger partial charge in [0.05, 0.1) is 21.8 Å². The van der Waals surface area contributed by atoms with Crippen LogP contribution in [0.25, 0.3) is 10.9 Å². The molecular weight excluding hydrogens is 375 g/mol. The Kier molecular flexibility index (Phi) is 4.38. The number of benzene rings is 1. The number of rotatable bonds is 5. The third kappa shape index (κ3) is 3.34. The first-order chi connectivity index (χ1) is 10.3. The van der Waals surface area contributed by atoms with Gasteiger partial charge in [-0.2, -0.15) is 5.10 Å². The first kappa shape index (κ1) is 14.3. The number of aromatic nitrogens is 3. The average molecular weight is 392 g/mol. The second kappa shape index (κ2) is 6.43. The lowest BCUT2D eigenvalue weighted by atomic mass is 10.1. The highest BCUT2D eigenvalue weighted by Gasteiger charge is 2.08. The molecule has 2 aromatic heterocycles. The van der Waals surface area contributed by atoms with Gasteiger partial charge in [-0.05, 0) is 41.1 Å². The number of pyridine rings is 1. The van der Waals surface area contributed by atoms with E-state index in [1.54, 1.807) is 0 Å². The number of hydrogen-bond acceptors (Lipinski definition) is 3. The summed E-state index contributed by atoms with van der Waals surface area (Å²) in [6, 6.07) is 10.4. The minimum Gasteiger partial charge on any atom is -0.370 e. The van der Waals surface area contributed by atoms with E-state index >= 15 is 0 Å². The number of nitrogens with zero attached hydrogens (tertiary/aromatic N) is 3. The number of anilines is 1. The Bertz CT molecular complexity index is 751. The smallest absolute Gasteiger partial charge is 0.131 e. The second-order valence-electron chi connectivity index (χ2n) is 4.97. The van der Waals surface area contributed by atoms with E-state index in [0.29, 0.717) is 0 Å². The molecule has 0 saturated heterocycles. The van der Waals surface area contributed by atoms with Crippen LogP contribution < -0.4 is 5.32 Å². The summed E-state index contributed by atoms with van der Waals surface area (Å²) in [5.74, 6) is 0.959. The maximum Gasteiger partial charge on any atom is 0.131 e. The number of halogens is 1. The summed E-state index contributed by atoms with van der Waals surface area (Å²) in [4.78, 5) is 4.76. The first-order valence-electron chi connectivity index (χ1n) is 7.07. The van der Waals surface area contributed by atoms with Gasteiger partial charge < -0.3 is 5.32 Å². The van der Waals surface area contributed by atoms with Crippen molar-refractivity contribution in [2.45, 2.75) is 19.9 Å². The molecule has 5 heteroatoms. The van der Waals surface area contributed by atoms with Crippen LogP contribution in [0.2, 0.25) is 0 Å². The van der Waals surface area contributed by atoms with E-state index in [4.69, 9.17) is 4.98 Å². The fraction of sp³-hybridized carbons (Fsp3) is 0.250. The molecule has 2 heterocycles. The van der Waals surface area contributed by atoms with E-state index in [-0.39, 0.29) is 0 Å². The summed E-state index contributed by atoms with van der Waals surface area (Å²) in [6.07, 6.45) is 4.99. The summed E-state index contributed by atoms with van der Waals surface area (Å²) in [5.41, 5.74) is 2.19. The normalized spacial score (nSPS) is 11.0. The minimum absolute atomic E-state index is 0.729. The van der Waals surface area contributed by atoms with Crippen molar-refractivity contribution in [3.8, 4) is 0 Å². The number of hydrogen-bond donors (Lipinski definition) is 1. The van der Waals surface area contributed by atoms with Crippen LogP contribution in [0.15, 0.2) is 42.7 Å². The van der Waals surface area contributed by atoms with Crippen LogP contribution in [0.4, 0.5) is 5.82 Å². The van der Waals surface area contributed by atoms with Crippen molar-refractivity contribution in [3.05, 3.63) is 51.9 Å². The molecule has 0 unspecified atom stereocenters. The molecule has 21 heavy (non-hydrogen) atoms. The molecule has 0 aliphatic heterocycles. The van der Waals surface area contributed by atoms with Crippen molar-refractivity contribution in [1.29, 1.82) is 0 Å². The Morgan fingerprint density at radius 1 is 1.29 bits per heavy atom. The van der Waals surface area contributed by atoms with Crippen molar-refractivity contribution in [1.82, 2.24) is 14.8 Å². The van der Waals surface area contributed by atoms with E-state index < -0.39 is 0 Å². The molecule has 0 spiro atoms. The van der Waals surface area contributed by atoms with Gasteiger partial charge in [0.1, 0.15) is 5.82 Å². The van der Waals surface area contributed by atoms with Crippen LogP contribution in [0.1, 0.15) is 18.9 Å².